The molecule has 7 heteroatoms. The van der Waals surface area contributed by atoms with Crippen LogP contribution in [-0.4, -0.2) is 41.4 Å². The van der Waals surface area contributed by atoms with E-state index in [2.05, 4.69) is 43.1 Å². The zero-order chi connectivity index (χ0) is 24.6. The summed E-state index contributed by atoms with van der Waals surface area (Å²) >= 11 is 3.10. The molecule has 0 saturated carbocycles. The fraction of sp³-hybridized carbons (Fsp3) is 0.429. The van der Waals surface area contributed by atoms with Crippen LogP contribution >= 0.6 is 23.1 Å². The van der Waals surface area contributed by atoms with Crippen molar-refractivity contribution in [1.29, 1.82) is 0 Å². The molecule has 5 nitrogen and oxygen atoms in total. The fourth-order valence-corrected chi connectivity index (χ4v) is 6.33. The smallest absolute Gasteiger partial charge is 0.171 e. The minimum atomic E-state index is -0.164. The number of aromatic nitrogens is 1. The molecule has 0 N–H and O–H groups in total. The first kappa shape index (κ1) is 26.0. The van der Waals surface area contributed by atoms with Crippen molar-refractivity contribution in [1.82, 2.24) is 4.98 Å². The lowest BCUT2D eigenvalue weighted by Crippen LogP contribution is -2.52. The molecule has 3 aromatic rings. The van der Waals surface area contributed by atoms with Crippen molar-refractivity contribution in [3.05, 3.63) is 82.9 Å². The van der Waals surface area contributed by atoms with E-state index in [1.165, 1.54) is 11.3 Å². The number of benzene rings is 2. The number of hydrogen-bond donors (Lipinski definition) is 0. The van der Waals surface area contributed by atoms with Gasteiger partial charge in [-0.2, -0.15) is 0 Å². The highest BCUT2D eigenvalue weighted by molar-refractivity contribution is 8.01. The van der Waals surface area contributed by atoms with Crippen molar-refractivity contribution in [3.8, 4) is 0 Å². The first-order valence-electron chi connectivity index (χ1n) is 12.0. The van der Waals surface area contributed by atoms with Crippen LogP contribution in [0.15, 0.2) is 71.2 Å². The van der Waals surface area contributed by atoms with Gasteiger partial charge in [-0.05, 0) is 23.0 Å². The Morgan fingerprint density at radius 3 is 2.26 bits per heavy atom. The lowest BCUT2D eigenvalue weighted by atomic mass is 9.82. The first-order valence-corrected chi connectivity index (χ1v) is 13.8. The maximum atomic E-state index is 11.6. The molecule has 4 rings (SSSR count). The molecule has 186 valence electrons. The van der Waals surface area contributed by atoms with Gasteiger partial charge in [0.2, 0.25) is 0 Å². The number of hydrogen-bond acceptors (Lipinski definition) is 7. The summed E-state index contributed by atoms with van der Waals surface area (Å²) < 4.78 is 20.1. The standard InChI is InChI=1S/C28H33NO4S2/c1-19-20(2)27(32-16-23-12-8-5-9-13-23)24(17-31-15-22-10-6-4-7-11-22)33-25(19)18-34-28-29-14-26(35-28)21(3)30/h4-14,19-20,24-25,27H,15-18H2,1-3H3/t19-,20+,24+,25+,27-/m0/s1. The summed E-state index contributed by atoms with van der Waals surface area (Å²) in [6.45, 7) is 7.63. The molecule has 1 saturated heterocycles. The van der Waals surface area contributed by atoms with Gasteiger partial charge in [-0.15, -0.1) is 11.3 Å². The second-order valence-corrected chi connectivity index (χ2v) is 11.3. The summed E-state index contributed by atoms with van der Waals surface area (Å²) in [4.78, 5) is 16.7. The minimum Gasteiger partial charge on any atom is -0.374 e. The summed E-state index contributed by atoms with van der Waals surface area (Å²) in [5, 5.41) is 0. The van der Waals surface area contributed by atoms with Crippen molar-refractivity contribution in [2.75, 3.05) is 12.4 Å². The SMILES string of the molecule is CC(=O)c1cnc(SC[C@H]2O[C@H](COCc3ccccc3)[C@@H](OCc3ccccc3)[C@H](C)[C@@H]2C)s1. The van der Waals surface area contributed by atoms with E-state index in [1.54, 1.807) is 24.9 Å². The molecule has 35 heavy (non-hydrogen) atoms. The van der Waals surface area contributed by atoms with Crippen LogP contribution in [0.5, 0.6) is 0 Å². The molecule has 1 fully saturated rings. The molecule has 0 radical (unpaired) electrons. The number of ether oxygens (including phenoxy) is 3. The van der Waals surface area contributed by atoms with E-state index in [4.69, 9.17) is 14.2 Å². The van der Waals surface area contributed by atoms with Crippen molar-refractivity contribution in [2.24, 2.45) is 11.8 Å². The highest BCUT2D eigenvalue weighted by Crippen LogP contribution is 2.36. The van der Waals surface area contributed by atoms with E-state index in [-0.39, 0.29) is 24.1 Å². The number of ketones is 1. The van der Waals surface area contributed by atoms with Gasteiger partial charge >= 0.3 is 0 Å². The van der Waals surface area contributed by atoms with Crippen molar-refractivity contribution in [2.45, 2.75) is 56.6 Å². The van der Waals surface area contributed by atoms with Crippen LogP contribution < -0.4 is 0 Å². The van der Waals surface area contributed by atoms with Gasteiger partial charge in [0, 0.05) is 12.7 Å². The summed E-state index contributed by atoms with van der Waals surface area (Å²) in [6.07, 6.45) is 1.48. The molecule has 0 amide bonds. The molecule has 1 aliphatic heterocycles. The van der Waals surface area contributed by atoms with Crippen LogP contribution in [0.2, 0.25) is 0 Å². The predicted octanol–water partition coefficient (Wildman–Crippen LogP) is 6.28. The maximum absolute atomic E-state index is 11.6. The number of carbonyl (C=O) groups excluding carboxylic acids is 1. The first-order chi connectivity index (χ1) is 17.0. The second kappa shape index (κ2) is 12.8. The van der Waals surface area contributed by atoms with E-state index in [1.807, 2.05) is 36.4 Å². The molecule has 5 atom stereocenters. The van der Waals surface area contributed by atoms with Crippen molar-refractivity contribution < 1.29 is 19.0 Å². The number of nitrogens with zero attached hydrogens (tertiary/aromatic N) is 1. The molecule has 0 aliphatic carbocycles. The average molecular weight is 512 g/mol. The zero-order valence-corrected chi connectivity index (χ0v) is 22.1. The molecule has 2 aromatic carbocycles. The van der Waals surface area contributed by atoms with Gasteiger partial charge < -0.3 is 14.2 Å². The van der Waals surface area contributed by atoms with Gasteiger partial charge in [0.25, 0.3) is 0 Å². The topological polar surface area (TPSA) is 57.7 Å². The zero-order valence-electron chi connectivity index (χ0n) is 20.5. The fourth-order valence-electron chi connectivity index (χ4n) is 4.26. The molecular weight excluding hydrogens is 478 g/mol. The Balaban J connectivity index is 1.41. The Kier molecular flexibility index (Phi) is 9.52. The van der Waals surface area contributed by atoms with Crippen LogP contribution in [0.25, 0.3) is 0 Å². The van der Waals surface area contributed by atoms with E-state index in [9.17, 15) is 4.79 Å². The lowest BCUT2D eigenvalue weighted by Gasteiger charge is -2.44. The molecule has 2 heterocycles. The normalized spacial score (nSPS) is 24.4. The van der Waals surface area contributed by atoms with E-state index in [0.717, 1.165) is 21.2 Å². The number of thioether (sulfide) groups is 1. The maximum Gasteiger partial charge on any atom is 0.171 e. The molecule has 0 unspecified atom stereocenters. The third kappa shape index (κ3) is 7.24. The quantitative estimate of drug-likeness (QED) is 0.223. The van der Waals surface area contributed by atoms with Crippen LogP contribution in [0.1, 0.15) is 41.6 Å². The van der Waals surface area contributed by atoms with Gasteiger partial charge in [-0.3, -0.25) is 4.79 Å². The Morgan fingerprint density at radius 1 is 0.971 bits per heavy atom. The van der Waals surface area contributed by atoms with Crippen LogP contribution in [0.3, 0.4) is 0 Å². The molecule has 1 aliphatic rings. The predicted molar refractivity (Wildman–Crippen MR) is 141 cm³/mol. The Labute approximate surface area is 216 Å². The van der Waals surface area contributed by atoms with Crippen LogP contribution in [0, 0.1) is 11.8 Å². The third-order valence-corrected chi connectivity index (χ3v) is 8.88. The highest BCUT2D eigenvalue weighted by atomic mass is 32.2. The second-order valence-electron chi connectivity index (χ2n) is 9.05. The highest BCUT2D eigenvalue weighted by Gasteiger charge is 2.42. The largest absolute Gasteiger partial charge is 0.374 e. The number of carbonyl (C=O) groups is 1. The Hall–Kier alpha value is -2.03. The van der Waals surface area contributed by atoms with Gasteiger partial charge in [-0.1, -0.05) is 86.3 Å². The summed E-state index contributed by atoms with van der Waals surface area (Å²) in [6, 6.07) is 20.4. The Morgan fingerprint density at radius 2 is 1.63 bits per heavy atom. The molecule has 0 spiro atoms. The Bertz CT molecular complexity index is 1060. The molecule has 1 aromatic heterocycles. The van der Waals surface area contributed by atoms with Crippen molar-refractivity contribution >= 4 is 28.9 Å². The van der Waals surface area contributed by atoms with Gasteiger partial charge in [0.05, 0.1) is 43.1 Å². The van der Waals surface area contributed by atoms with Gasteiger partial charge in [0.1, 0.15) is 6.10 Å². The number of thiazole rings is 1. The average Bonchev–Trinajstić information content (AvgIpc) is 3.36. The summed E-state index contributed by atoms with van der Waals surface area (Å²) in [5.74, 6) is 1.43. The van der Waals surface area contributed by atoms with E-state index < -0.39 is 0 Å². The van der Waals surface area contributed by atoms with Crippen molar-refractivity contribution in [3.63, 3.8) is 0 Å². The monoisotopic (exact) mass is 511 g/mol. The minimum absolute atomic E-state index is 0.0431. The summed E-state index contributed by atoms with van der Waals surface area (Å²) in [5.41, 5.74) is 2.29. The van der Waals surface area contributed by atoms with Crippen LogP contribution in [-0.2, 0) is 27.4 Å². The molecular formula is C28H33NO4S2. The molecule has 0 bridgehead atoms. The number of rotatable bonds is 11. The lowest BCUT2D eigenvalue weighted by molar-refractivity contribution is -0.200. The van der Waals surface area contributed by atoms with E-state index >= 15 is 0 Å². The van der Waals surface area contributed by atoms with Crippen LogP contribution in [0.4, 0.5) is 0 Å². The van der Waals surface area contributed by atoms with Gasteiger partial charge in [0.15, 0.2) is 10.1 Å². The summed E-state index contributed by atoms with van der Waals surface area (Å²) in [7, 11) is 0. The third-order valence-electron chi connectivity index (χ3n) is 6.53. The van der Waals surface area contributed by atoms with E-state index in [0.29, 0.717) is 36.5 Å². The van der Waals surface area contributed by atoms with Gasteiger partial charge in [-0.25, -0.2) is 4.98 Å². The number of Topliss-reactive ketones (excluding diaryl/α,β-unsaturated/α-hetero) is 1.